The molecule has 2 aromatic carbocycles. The molecule has 170 valence electrons. The first-order valence-electron chi connectivity index (χ1n) is 10.5. The fourth-order valence-corrected chi connectivity index (χ4v) is 3.80. The van der Waals surface area contributed by atoms with Crippen LogP contribution in [0.2, 0.25) is 0 Å². The summed E-state index contributed by atoms with van der Waals surface area (Å²) in [6.07, 6.45) is 4.91. The molecule has 0 unspecified atom stereocenters. The van der Waals surface area contributed by atoms with Crippen LogP contribution in [0.4, 0.5) is 0 Å². The van der Waals surface area contributed by atoms with E-state index in [0.717, 1.165) is 16.7 Å². The van der Waals surface area contributed by atoms with Crippen LogP contribution in [0, 0.1) is 0 Å². The number of methoxy groups -OCH3 is 1. The average molecular weight is 439 g/mol. The molecule has 0 radical (unpaired) electrons. The van der Waals surface area contributed by atoms with Crippen molar-refractivity contribution in [1.29, 1.82) is 0 Å². The summed E-state index contributed by atoms with van der Waals surface area (Å²) in [5.74, 6) is -0.978. The Morgan fingerprint density at radius 1 is 1.00 bits per heavy atom. The molecule has 6 nitrogen and oxygen atoms in total. The number of phenolic OH excluding ortho intramolecular Hbond substituents is 3. The van der Waals surface area contributed by atoms with Gasteiger partial charge >= 0.3 is 0 Å². The number of carbonyl (C=O) groups is 1. The van der Waals surface area contributed by atoms with E-state index in [4.69, 9.17) is 9.47 Å². The molecule has 1 heterocycles. The van der Waals surface area contributed by atoms with Gasteiger partial charge in [0.1, 0.15) is 40.9 Å². The topological polar surface area (TPSA) is 96.2 Å². The lowest BCUT2D eigenvalue weighted by Gasteiger charge is -2.28. The second kappa shape index (κ2) is 9.39. The average Bonchev–Trinajstić information content (AvgIpc) is 2.72. The van der Waals surface area contributed by atoms with Crippen LogP contribution in [-0.2, 0) is 12.8 Å². The van der Waals surface area contributed by atoms with Crippen molar-refractivity contribution in [2.45, 2.75) is 46.5 Å². The lowest BCUT2D eigenvalue weighted by atomic mass is 9.85. The van der Waals surface area contributed by atoms with Gasteiger partial charge in [0.25, 0.3) is 0 Å². The van der Waals surface area contributed by atoms with Gasteiger partial charge in [0, 0.05) is 23.3 Å². The first-order valence-corrected chi connectivity index (χ1v) is 10.5. The molecular weight excluding hydrogens is 408 g/mol. The van der Waals surface area contributed by atoms with Gasteiger partial charge in [-0.1, -0.05) is 23.3 Å². The quantitative estimate of drug-likeness (QED) is 0.537. The minimum absolute atomic E-state index is 0.0154. The van der Waals surface area contributed by atoms with Crippen molar-refractivity contribution < 1.29 is 29.6 Å². The summed E-state index contributed by atoms with van der Waals surface area (Å²) < 4.78 is 11.3. The van der Waals surface area contributed by atoms with E-state index in [1.165, 1.54) is 19.2 Å². The maximum atomic E-state index is 13.4. The number of hydrogen-bond donors (Lipinski definition) is 3. The van der Waals surface area contributed by atoms with Gasteiger partial charge in [-0.3, -0.25) is 4.79 Å². The van der Waals surface area contributed by atoms with E-state index in [2.05, 4.69) is 0 Å². The number of allylic oxidation sites excluding steroid dienone is 4. The normalized spacial score (nSPS) is 14.9. The number of Topliss-reactive ketones (excluding diaryl/α,β-unsaturated/α-hetero) is 1. The molecular formula is C26H30O6. The monoisotopic (exact) mass is 438 g/mol. The van der Waals surface area contributed by atoms with Crippen molar-refractivity contribution in [2.75, 3.05) is 13.7 Å². The van der Waals surface area contributed by atoms with Crippen LogP contribution >= 0.6 is 0 Å². The zero-order valence-corrected chi connectivity index (χ0v) is 19.2. The summed E-state index contributed by atoms with van der Waals surface area (Å²) in [6, 6.07) is 4.43. The number of rotatable bonds is 6. The Balaban J connectivity index is 2.07. The number of fused-ring (bicyclic) bond motifs is 1. The number of ketones is 1. The molecule has 0 saturated heterocycles. The Morgan fingerprint density at radius 2 is 1.66 bits per heavy atom. The second-order valence-corrected chi connectivity index (χ2v) is 8.52. The van der Waals surface area contributed by atoms with Crippen LogP contribution in [-0.4, -0.2) is 34.8 Å². The number of benzene rings is 2. The summed E-state index contributed by atoms with van der Waals surface area (Å²) in [6.45, 7) is 7.84. The molecule has 1 atom stereocenters. The van der Waals surface area contributed by atoms with Crippen LogP contribution in [0.15, 0.2) is 41.5 Å². The van der Waals surface area contributed by atoms with Crippen LogP contribution in [0.5, 0.6) is 28.7 Å². The molecule has 1 aliphatic rings. The van der Waals surface area contributed by atoms with E-state index in [1.54, 1.807) is 6.07 Å². The highest BCUT2D eigenvalue weighted by atomic mass is 16.5. The minimum Gasteiger partial charge on any atom is -0.508 e. The van der Waals surface area contributed by atoms with Gasteiger partial charge < -0.3 is 24.8 Å². The molecule has 0 fully saturated rings. The minimum atomic E-state index is -0.800. The Kier molecular flexibility index (Phi) is 6.82. The summed E-state index contributed by atoms with van der Waals surface area (Å²) >= 11 is 0. The van der Waals surface area contributed by atoms with Gasteiger partial charge in [-0.15, -0.1) is 0 Å². The van der Waals surface area contributed by atoms with Crippen molar-refractivity contribution >= 4 is 5.78 Å². The summed E-state index contributed by atoms with van der Waals surface area (Å²) in [7, 11) is 1.53. The largest absolute Gasteiger partial charge is 0.508 e. The van der Waals surface area contributed by atoms with Crippen molar-refractivity contribution in [3.8, 4) is 28.7 Å². The van der Waals surface area contributed by atoms with Crippen LogP contribution in [0.25, 0.3) is 0 Å². The van der Waals surface area contributed by atoms with E-state index in [1.807, 2.05) is 39.8 Å². The number of carbonyl (C=O) groups excluding carboxylic acids is 1. The molecule has 3 N–H and O–H groups in total. The van der Waals surface area contributed by atoms with Crippen molar-refractivity contribution in [2.24, 2.45) is 0 Å². The highest BCUT2D eigenvalue weighted by Crippen LogP contribution is 2.46. The Bertz CT molecular complexity index is 1100. The maximum absolute atomic E-state index is 13.4. The van der Waals surface area contributed by atoms with Gasteiger partial charge in [-0.2, -0.15) is 0 Å². The molecule has 0 aliphatic carbocycles. The van der Waals surface area contributed by atoms with E-state index in [-0.39, 0.29) is 41.0 Å². The van der Waals surface area contributed by atoms with E-state index in [9.17, 15) is 20.1 Å². The van der Waals surface area contributed by atoms with E-state index in [0.29, 0.717) is 29.7 Å². The Hall–Kier alpha value is -3.41. The molecule has 6 heteroatoms. The third kappa shape index (κ3) is 4.59. The second-order valence-electron chi connectivity index (χ2n) is 8.52. The number of phenols is 3. The van der Waals surface area contributed by atoms with Gasteiger partial charge in [0.2, 0.25) is 0 Å². The fraction of sp³-hybridized carbons (Fsp3) is 0.346. The van der Waals surface area contributed by atoms with Gasteiger partial charge in [0.05, 0.1) is 13.0 Å². The van der Waals surface area contributed by atoms with E-state index < -0.39 is 5.92 Å². The standard InChI is InChI=1S/C26H30O6/c1-14(2)6-8-16-10-18(21(28)12-23(16)31-5)19-13-32-26-17(9-7-15(3)4)20(27)11-22(29)24(26)25(19)30/h6-7,10-12,19,27-29H,8-9,13H2,1-5H3/t19-/m0/s1. The Labute approximate surface area is 188 Å². The predicted octanol–water partition coefficient (Wildman–Crippen LogP) is 5.19. The molecule has 0 saturated carbocycles. The molecule has 3 rings (SSSR count). The molecule has 0 bridgehead atoms. The highest BCUT2D eigenvalue weighted by molar-refractivity contribution is 6.07. The first kappa shape index (κ1) is 23.3. The van der Waals surface area contributed by atoms with Crippen molar-refractivity contribution in [3.05, 3.63) is 63.8 Å². The Morgan fingerprint density at radius 3 is 2.28 bits per heavy atom. The van der Waals surface area contributed by atoms with Gasteiger partial charge in [0.15, 0.2) is 5.78 Å². The molecule has 1 aliphatic heterocycles. The molecule has 0 spiro atoms. The smallest absolute Gasteiger partial charge is 0.181 e. The first-order chi connectivity index (χ1) is 15.1. The fourth-order valence-electron chi connectivity index (χ4n) is 3.80. The third-order valence-electron chi connectivity index (χ3n) is 5.55. The zero-order valence-electron chi connectivity index (χ0n) is 19.2. The molecule has 32 heavy (non-hydrogen) atoms. The predicted molar refractivity (Wildman–Crippen MR) is 123 cm³/mol. The molecule has 0 aromatic heterocycles. The van der Waals surface area contributed by atoms with Crippen LogP contribution < -0.4 is 9.47 Å². The maximum Gasteiger partial charge on any atom is 0.181 e. The lowest BCUT2D eigenvalue weighted by molar-refractivity contribution is 0.0888. The lowest BCUT2D eigenvalue weighted by Crippen LogP contribution is -2.27. The zero-order chi connectivity index (χ0) is 23.6. The van der Waals surface area contributed by atoms with Crippen molar-refractivity contribution in [3.63, 3.8) is 0 Å². The SMILES string of the molecule is COc1cc(O)c([C@@H]2COc3c(CC=C(C)C)c(O)cc(O)c3C2=O)cc1CC=C(C)C. The number of ether oxygens (including phenoxy) is 2. The summed E-state index contributed by atoms with van der Waals surface area (Å²) in [5.41, 5.74) is 3.92. The molecule has 2 aromatic rings. The third-order valence-corrected chi connectivity index (χ3v) is 5.55. The summed E-state index contributed by atoms with van der Waals surface area (Å²) in [5, 5.41) is 31.4. The van der Waals surface area contributed by atoms with Crippen LogP contribution in [0.3, 0.4) is 0 Å². The van der Waals surface area contributed by atoms with Gasteiger partial charge in [-0.25, -0.2) is 0 Å². The number of hydrogen-bond acceptors (Lipinski definition) is 6. The van der Waals surface area contributed by atoms with Crippen LogP contribution in [0.1, 0.15) is 60.7 Å². The van der Waals surface area contributed by atoms with Crippen molar-refractivity contribution in [1.82, 2.24) is 0 Å². The highest BCUT2D eigenvalue weighted by Gasteiger charge is 2.36. The van der Waals surface area contributed by atoms with Gasteiger partial charge in [-0.05, 0) is 52.2 Å². The van der Waals surface area contributed by atoms with E-state index >= 15 is 0 Å². The number of aromatic hydroxyl groups is 3. The summed E-state index contributed by atoms with van der Waals surface area (Å²) in [4.78, 5) is 13.4. The molecule has 0 amide bonds.